The Balaban J connectivity index is 2.18. The summed E-state index contributed by atoms with van der Waals surface area (Å²) < 4.78 is 14.4. The normalized spacial score (nSPS) is 18.7. The van der Waals surface area contributed by atoms with Crippen molar-refractivity contribution in [1.29, 1.82) is 0 Å². The van der Waals surface area contributed by atoms with E-state index in [1.165, 1.54) is 24.3 Å². The lowest BCUT2D eigenvalue weighted by molar-refractivity contribution is -0.142. The number of aliphatic hydroxyl groups is 1. The van der Waals surface area contributed by atoms with Gasteiger partial charge in [0.1, 0.15) is 11.6 Å². The molecule has 1 aliphatic heterocycles. The molecule has 1 unspecified atom stereocenters. The van der Waals surface area contributed by atoms with Crippen molar-refractivity contribution < 1.29 is 29.0 Å². The van der Waals surface area contributed by atoms with Crippen molar-refractivity contribution in [2.45, 2.75) is 12.5 Å². The molecular weight excluding hydrogens is 353 g/mol. The van der Waals surface area contributed by atoms with Gasteiger partial charge in [-0.05, 0) is 6.07 Å². The topological polar surface area (TPSA) is 94.9 Å². The fourth-order valence-electron chi connectivity index (χ4n) is 3.10. The van der Waals surface area contributed by atoms with Gasteiger partial charge in [-0.3, -0.25) is 14.4 Å². The number of likely N-dealkylation sites (tertiary alicyclic amines) is 1. The maximum absolute atomic E-state index is 14.4. The maximum Gasteiger partial charge on any atom is 0.305 e. The van der Waals surface area contributed by atoms with Gasteiger partial charge < -0.3 is 15.1 Å². The van der Waals surface area contributed by atoms with E-state index in [9.17, 15) is 23.9 Å². The highest BCUT2D eigenvalue weighted by Crippen LogP contribution is 2.40. The minimum absolute atomic E-state index is 0.0135. The highest BCUT2D eigenvalue weighted by molar-refractivity contribution is 6.46. The molecule has 3 rings (SSSR count). The fraction of sp³-hybridized carbons (Fsp3) is 0.150. The molecule has 1 saturated heterocycles. The summed E-state index contributed by atoms with van der Waals surface area (Å²) in [6, 6.07) is 12.5. The molecule has 1 atom stereocenters. The van der Waals surface area contributed by atoms with E-state index in [1.54, 1.807) is 30.3 Å². The molecule has 0 spiro atoms. The van der Waals surface area contributed by atoms with E-state index in [2.05, 4.69) is 0 Å². The molecule has 27 heavy (non-hydrogen) atoms. The predicted octanol–water partition coefficient (Wildman–Crippen LogP) is 2.72. The number of rotatable bonds is 5. The van der Waals surface area contributed by atoms with Gasteiger partial charge in [-0.25, -0.2) is 4.39 Å². The largest absolute Gasteiger partial charge is 0.507 e. The van der Waals surface area contributed by atoms with Crippen molar-refractivity contribution in [3.8, 4) is 0 Å². The van der Waals surface area contributed by atoms with Crippen LogP contribution in [0.25, 0.3) is 5.76 Å². The number of amides is 1. The molecule has 6 nitrogen and oxygen atoms in total. The summed E-state index contributed by atoms with van der Waals surface area (Å²) in [4.78, 5) is 37.0. The third-order valence-corrected chi connectivity index (χ3v) is 4.35. The van der Waals surface area contributed by atoms with E-state index in [0.717, 1.165) is 4.90 Å². The number of hydrogen-bond acceptors (Lipinski definition) is 4. The van der Waals surface area contributed by atoms with Gasteiger partial charge in [-0.15, -0.1) is 0 Å². The number of carboxylic acids is 1. The van der Waals surface area contributed by atoms with Gasteiger partial charge in [0.15, 0.2) is 0 Å². The smallest absolute Gasteiger partial charge is 0.305 e. The molecule has 1 fully saturated rings. The highest BCUT2D eigenvalue weighted by Gasteiger charge is 2.46. The average Bonchev–Trinajstić information content (AvgIpc) is 2.91. The zero-order valence-corrected chi connectivity index (χ0v) is 14.1. The summed E-state index contributed by atoms with van der Waals surface area (Å²) in [6.07, 6.45) is -0.413. The first-order valence-electron chi connectivity index (χ1n) is 8.22. The van der Waals surface area contributed by atoms with Crippen LogP contribution in [0.2, 0.25) is 0 Å². The van der Waals surface area contributed by atoms with Gasteiger partial charge in [-0.2, -0.15) is 0 Å². The van der Waals surface area contributed by atoms with Gasteiger partial charge in [0.25, 0.3) is 11.7 Å². The molecule has 1 heterocycles. The standard InChI is InChI=1S/C20H16FNO5/c21-14-9-5-4-8-13(14)17-16(18(25)12-6-2-1-3-7-12)19(26)20(27)22(17)11-10-15(23)24/h1-9,17,25H,10-11H2,(H,23,24). The molecule has 1 aliphatic rings. The molecule has 2 N–H and O–H groups in total. The third kappa shape index (κ3) is 3.44. The Labute approximate surface area is 154 Å². The first-order valence-corrected chi connectivity index (χ1v) is 8.22. The summed E-state index contributed by atoms with van der Waals surface area (Å²) in [6.45, 7) is -0.287. The zero-order chi connectivity index (χ0) is 19.6. The average molecular weight is 369 g/mol. The number of aliphatic carboxylic acids is 1. The van der Waals surface area contributed by atoms with Crippen molar-refractivity contribution in [1.82, 2.24) is 4.90 Å². The second-order valence-corrected chi connectivity index (χ2v) is 6.02. The SMILES string of the molecule is O=C(O)CCN1C(=O)C(=O)C(=C(O)c2ccccc2)C1c1ccccc1F. The summed E-state index contributed by atoms with van der Waals surface area (Å²) >= 11 is 0. The molecule has 0 saturated carbocycles. The van der Waals surface area contributed by atoms with Crippen LogP contribution in [0.1, 0.15) is 23.6 Å². The van der Waals surface area contributed by atoms with Crippen molar-refractivity contribution in [2.24, 2.45) is 0 Å². The Morgan fingerprint density at radius 2 is 1.63 bits per heavy atom. The molecule has 0 bridgehead atoms. The molecule has 0 aromatic heterocycles. The van der Waals surface area contributed by atoms with Gasteiger partial charge in [0, 0.05) is 17.7 Å². The van der Waals surface area contributed by atoms with Gasteiger partial charge >= 0.3 is 5.97 Å². The highest BCUT2D eigenvalue weighted by atomic mass is 19.1. The van der Waals surface area contributed by atoms with Crippen LogP contribution in [0.4, 0.5) is 4.39 Å². The van der Waals surface area contributed by atoms with E-state index < -0.39 is 41.7 Å². The zero-order valence-electron chi connectivity index (χ0n) is 14.1. The van der Waals surface area contributed by atoms with E-state index >= 15 is 0 Å². The van der Waals surface area contributed by atoms with Crippen LogP contribution in [0.3, 0.4) is 0 Å². The van der Waals surface area contributed by atoms with Crippen LogP contribution in [0.5, 0.6) is 0 Å². The third-order valence-electron chi connectivity index (χ3n) is 4.35. The number of halogens is 1. The molecule has 2 aromatic rings. The number of carbonyl (C=O) groups is 3. The Kier molecular flexibility index (Phi) is 5.03. The summed E-state index contributed by atoms with van der Waals surface area (Å²) in [7, 11) is 0. The predicted molar refractivity (Wildman–Crippen MR) is 94.1 cm³/mol. The molecular formula is C20H16FNO5. The number of nitrogens with zero attached hydrogens (tertiary/aromatic N) is 1. The van der Waals surface area contributed by atoms with Gasteiger partial charge in [-0.1, -0.05) is 48.5 Å². The van der Waals surface area contributed by atoms with Crippen LogP contribution in [-0.2, 0) is 14.4 Å². The van der Waals surface area contributed by atoms with Crippen molar-refractivity contribution in [2.75, 3.05) is 6.54 Å². The summed E-state index contributed by atoms with van der Waals surface area (Å²) in [5.74, 6) is -4.20. The molecule has 0 radical (unpaired) electrons. The molecule has 138 valence electrons. The van der Waals surface area contributed by atoms with Crippen molar-refractivity contribution in [3.63, 3.8) is 0 Å². The monoisotopic (exact) mass is 369 g/mol. The number of benzene rings is 2. The second-order valence-electron chi connectivity index (χ2n) is 6.02. The van der Waals surface area contributed by atoms with Crippen LogP contribution in [-0.4, -0.2) is 39.3 Å². The quantitative estimate of drug-likeness (QED) is 0.480. The minimum Gasteiger partial charge on any atom is -0.507 e. The summed E-state index contributed by atoms with van der Waals surface area (Å²) in [5.41, 5.74) is 0.0522. The number of Topliss-reactive ketones (excluding diaryl/α,β-unsaturated/α-hetero) is 1. The molecule has 7 heteroatoms. The lowest BCUT2D eigenvalue weighted by Crippen LogP contribution is -2.32. The number of carboxylic acid groups (broad SMARTS) is 1. The van der Waals surface area contributed by atoms with E-state index in [1.807, 2.05) is 0 Å². The van der Waals surface area contributed by atoms with E-state index in [-0.39, 0.29) is 17.7 Å². The summed E-state index contributed by atoms with van der Waals surface area (Å²) in [5, 5.41) is 19.6. The lowest BCUT2D eigenvalue weighted by atomic mass is 9.95. The van der Waals surface area contributed by atoms with Crippen molar-refractivity contribution in [3.05, 3.63) is 77.1 Å². The second kappa shape index (κ2) is 7.41. The fourth-order valence-corrected chi connectivity index (χ4v) is 3.10. The molecule has 2 aromatic carbocycles. The van der Waals surface area contributed by atoms with Crippen molar-refractivity contribution >= 4 is 23.4 Å². The molecule has 0 aliphatic carbocycles. The Morgan fingerprint density at radius 1 is 1.00 bits per heavy atom. The lowest BCUT2D eigenvalue weighted by Gasteiger charge is -2.25. The minimum atomic E-state index is -1.20. The number of carbonyl (C=O) groups excluding carboxylic acids is 2. The van der Waals surface area contributed by atoms with Gasteiger partial charge in [0.2, 0.25) is 0 Å². The van der Waals surface area contributed by atoms with Gasteiger partial charge in [0.05, 0.1) is 18.0 Å². The van der Waals surface area contributed by atoms with Crippen LogP contribution in [0.15, 0.2) is 60.2 Å². The first kappa shape index (κ1) is 18.3. The number of hydrogen-bond donors (Lipinski definition) is 2. The van der Waals surface area contributed by atoms with E-state index in [0.29, 0.717) is 5.56 Å². The maximum atomic E-state index is 14.4. The number of ketones is 1. The number of aliphatic hydroxyl groups excluding tert-OH is 1. The Morgan fingerprint density at radius 3 is 2.26 bits per heavy atom. The van der Waals surface area contributed by atoms with Crippen LogP contribution in [0, 0.1) is 5.82 Å². The molecule has 1 amide bonds. The van der Waals surface area contributed by atoms with E-state index in [4.69, 9.17) is 5.11 Å². The Bertz CT molecular complexity index is 938. The van der Waals surface area contributed by atoms with Crippen LogP contribution >= 0.6 is 0 Å². The first-order chi connectivity index (χ1) is 12.9. The van der Waals surface area contributed by atoms with Crippen LogP contribution < -0.4 is 0 Å². The Hall–Kier alpha value is -3.48.